The Balaban J connectivity index is 2.72. The molecule has 1 atom stereocenters. The molecular weight excluding hydrogens is 299 g/mol. The molecular formula is C10H8F2IN. The van der Waals surface area contributed by atoms with Gasteiger partial charge in [-0.25, -0.2) is 8.78 Å². The number of halogens is 3. The van der Waals surface area contributed by atoms with Crippen LogP contribution in [0.3, 0.4) is 0 Å². The SMILES string of the molecule is CC1=Nc2cc(F)c(I)c(F)c2C1C. The lowest BCUT2D eigenvalue weighted by Crippen LogP contribution is -2.03. The molecule has 1 heterocycles. The van der Waals surface area contributed by atoms with E-state index in [2.05, 4.69) is 4.99 Å². The summed E-state index contributed by atoms with van der Waals surface area (Å²) in [5, 5.41) is 0. The maximum Gasteiger partial charge on any atom is 0.145 e. The van der Waals surface area contributed by atoms with Crippen molar-refractivity contribution in [2.75, 3.05) is 0 Å². The summed E-state index contributed by atoms with van der Waals surface area (Å²) in [6, 6.07) is 1.30. The van der Waals surface area contributed by atoms with E-state index in [-0.39, 0.29) is 9.49 Å². The molecule has 0 radical (unpaired) electrons. The average Bonchev–Trinajstić information content (AvgIpc) is 2.39. The zero-order valence-electron chi connectivity index (χ0n) is 7.74. The van der Waals surface area contributed by atoms with Crippen LogP contribution in [0.1, 0.15) is 25.3 Å². The minimum atomic E-state index is -0.535. The molecule has 74 valence electrons. The van der Waals surface area contributed by atoms with E-state index >= 15 is 0 Å². The quantitative estimate of drug-likeness (QED) is 0.511. The van der Waals surface area contributed by atoms with Crippen LogP contribution in [0.5, 0.6) is 0 Å². The van der Waals surface area contributed by atoms with Gasteiger partial charge < -0.3 is 0 Å². The van der Waals surface area contributed by atoms with Crippen molar-refractivity contribution in [3.05, 3.63) is 26.8 Å². The summed E-state index contributed by atoms with van der Waals surface area (Å²) < 4.78 is 26.9. The number of benzene rings is 1. The average molecular weight is 307 g/mol. The second kappa shape index (κ2) is 3.25. The Morgan fingerprint density at radius 2 is 2.07 bits per heavy atom. The van der Waals surface area contributed by atoms with Crippen molar-refractivity contribution in [3.63, 3.8) is 0 Å². The summed E-state index contributed by atoms with van der Waals surface area (Å²) >= 11 is 1.68. The highest BCUT2D eigenvalue weighted by atomic mass is 127. The summed E-state index contributed by atoms with van der Waals surface area (Å²) in [7, 11) is 0. The molecule has 4 heteroatoms. The molecule has 0 saturated carbocycles. The lowest BCUT2D eigenvalue weighted by Gasteiger charge is -2.08. The third-order valence-corrected chi connectivity index (χ3v) is 3.52. The summed E-state index contributed by atoms with van der Waals surface area (Å²) in [5.74, 6) is -1.04. The van der Waals surface area contributed by atoms with Crippen LogP contribution >= 0.6 is 22.6 Å². The van der Waals surface area contributed by atoms with Gasteiger partial charge in [-0.3, -0.25) is 4.99 Å². The van der Waals surface area contributed by atoms with Gasteiger partial charge in [-0.15, -0.1) is 0 Å². The van der Waals surface area contributed by atoms with Crippen molar-refractivity contribution in [1.29, 1.82) is 0 Å². The van der Waals surface area contributed by atoms with E-state index in [1.807, 2.05) is 13.8 Å². The van der Waals surface area contributed by atoms with Crippen LogP contribution in [0.25, 0.3) is 0 Å². The van der Waals surface area contributed by atoms with E-state index in [0.717, 1.165) is 5.71 Å². The van der Waals surface area contributed by atoms with Crippen LogP contribution in [0.2, 0.25) is 0 Å². The molecule has 0 amide bonds. The first-order valence-electron chi connectivity index (χ1n) is 4.25. The van der Waals surface area contributed by atoms with Crippen LogP contribution < -0.4 is 0 Å². The molecule has 1 nitrogen and oxygen atoms in total. The van der Waals surface area contributed by atoms with Crippen LogP contribution in [0.15, 0.2) is 11.1 Å². The number of nitrogens with zero attached hydrogens (tertiary/aromatic N) is 1. The number of rotatable bonds is 0. The molecule has 0 bridgehead atoms. The predicted octanol–water partition coefficient (Wildman–Crippen LogP) is 3.78. The van der Waals surface area contributed by atoms with Crippen molar-refractivity contribution >= 4 is 34.0 Å². The van der Waals surface area contributed by atoms with Crippen LogP contribution in [0.4, 0.5) is 14.5 Å². The fraction of sp³-hybridized carbons (Fsp3) is 0.300. The van der Waals surface area contributed by atoms with Gasteiger partial charge in [-0.05, 0) is 29.5 Å². The van der Waals surface area contributed by atoms with E-state index in [0.29, 0.717) is 11.3 Å². The first-order chi connectivity index (χ1) is 6.52. The van der Waals surface area contributed by atoms with E-state index in [1.165, 1.54) is 6.07 Å². The van der Waals surface area contributed by atoms with Crippen molar-refractivity contribution in [2.24, 2.45) is 4.99 Å². The molecule has 0 fully saturated rings. The smallest absolute Gasteiger partial charge is 0.145 e. The summed E-state index contributed by atoms with van der Waals surface area (Å²) in [6.07, 6.45) is 0. The third kappa shape index (κ3) is 1.27. The maximum absolute atomic E-state index is 13.7. The molecule has 0 N–H and O–H groups in total. The maximum atomic E-state index is 13.7. The van der Waals surface area contributed by atoms with Crippen molar-refractivity contribution in [3.8, 4) is 0 Å². The zero-order valence-corrected chi connectivity index (χ0v) is 9.89. The monoisotopic (exact) mass is 307 g/mol. The molecule has 0 aliphatic carbocycles. The van der Waals surface area contributed by atoms with Crippen LogP contribution in [0, 0.1) is 15.2 Å². The Kier molecular flexibility index (Phi) is 2.33. The topological polar surface area (TPSA) is 12.4 Å². The van der Waals surface area contributed by atoms with Gasteiger partial charge in [-0.1, -0.05) is 6.92 Å². The van der Waals surface area contributed by atoms with E-state index in [9.17, 15) is 8.78 Å². The van der Waals surface area contributed by atoms with E-state index in [4.69, 9.17) is 0 Å². The summed E-state index contributed by atoms with van der Waals surface area (Å²) in [4.78, 5) is 4.13. The second-order valence-corrected chi connectivity index (χ2v) is 4.47. The zero-order chi connectivity index (χ0) is 10.5. The highest BCUT2D eigenvalue weighted by molar-refractivity contribution is 14.1. The molecule has 14 heavy (non-hydrogen) atoms. The Morgan fingerprint density at radius 3 is 2.71 bits per heavy atom. The Morgan fingerprint density at radius 1 is 1.43 bits per heavy atom. The standard InChI is InChI=1S/C10H8F2IN/c1-4-5(2)14-7-3-6(11)10(13)9(12)8(4)7/h3-4H,1-2H3. The molecule has 1 unspecified atom stereocenters. The molecule has 1 aliphatic heterocycles. The second-order valence-electron chi connectivity index (χ2n) is 3.39. The normalized spacial score (nSPS) is 19.5. The molecule has 0 saturated heterocycles. The minimum Gasteiger partial charge on any atom is -0.257 e. The summed E-state index contributed by atoms with van der Waals surface area (Å²) in [5.41, 5.74) is 1.79. The largest absolute Gasteiger partial charge is 0.257 e. The number of aliphatic imine (C=N–C) groups is 1. The molecule has 2 rings (SSSR count). The molecule has 0 spiro atoms. The van der Waals surface area contributed by atoms with Crippen molar-refractivity contribution < 1.29 is 8.78 Å². The molecule has 1 aromatic carbocycles. The number of hydrogen-bond acceptors (Lipinski definition) is 1. The van der Waals surface area contributed by atoms with Crippen molar-refractivity contribution in [1.82, 2.24) is 0 Å². The van der Waals surface area contributed by atoms with Gasteiger partial charge in [0.15, 0.2) is 0 Å². The van der Waals surface area contributed by atoms with Crippen LogP contribution in [-0.4, -0.2) is 5.71 Å². The lowest BCUT2D eigenvalue weighted by molar-refractivity contribution is 0.561. The fourth-order valence-corrected chi connectivity index (χ4v) is 2.04. The first-order valence-corrected chi connectivity index (χ1v) is 5.32. The van der Waals surface area contributed by atoms with Gasteiger partial charge in [0, 0.05) is 23.3 Å². The molecule has 1 aliphatic rings. The Labute approximate surface area is 94.4 Å². The van der Waals surface area contributed by atoms with Crippen molar-refractivity contribution in [2.45, 2.75) is 19.8 Å². The minimum absolute atomic E-state index is 0.0425. The highest BCUT2D eigenvalue weighted by Crippen LogP contribution is 2.39. The number of fused-ring (bicyclic) bond motifs is 1. The molecule has 0 aromatic heterocycles. The van der Waals surface area contributed by atoms with Crippen LogP contribution in [-0.2, 0) is 0 Å². The van der Waals surface area contributed by atoms with E-state index in [1.54, 1.807) is 22.6 Å². The van der Waals surface area contributed by atoms with Gasteiger partial charge in [-0.2, -0.15) is 0 Å². The Bertz CT molecular complexity index is 440. The highest BCUT2D eigenvalue weighted by Gasteiger charge is 2.27. The van der Waals surface area contributed by atoms with Gasteiger partial charge in [0.05, 0.1) is 9.26 Å². The predicted molar refractivity (Wildman–Crippen MR) is 60.3 cm³/mol. The Hall–Kier alpha value is -0.520. The fourth-order valence-electron chi connectivity index (χ4n) is 1.60. The number of hydrogen-bond donors (Lipinski definition) is 0. The van der Waals surface area contributed by atoms with E-state index < -0.39 is 11.6 Å². The van der Waals surface area contributed by atoms with Gasteiger partial charge in [0.25, 0.3) is 0 Å². The van der Waals surface area contributed by atoms with Gasteiger partial charge in [0.1, 0.15) is 11.6 Å². The summed E-state index contributed by atoms with van der Waals surface area (Å²) in [6.45, 7) is 3.70. The van der Waals surface area contributed by atoms with Gasteiger partial charge >= 0.3 is 0 Å². The third-order valence-electron chi connectivity index (χ3n) is 2.53. The van der Waals surface area contributed by atoms with Gasteiger partial charge in [0.2, 0.25) is 0 Å². The molecule has 1 aromatic rings. The lowest BCUT2D eigenvalue weighted by atomic mass is 9.98. The first kappa shape index (κ1) is 10.0.